The van der Waals surface area contributed by atoms with E-state index in [0.717, 1.165) is 56.1 Å². The molecule has 0 saturated heterocycles. The number of nitrogens with zero attached hydrogens (tertiary/aromatic N) is 1. The lowest BCUT2D eigenvalue weighted by Gasteiger charge is -2.60. The molecule has 4 fully saturated rings. The zero-order valence-electron chi connectivity index (χ0n) is 17.6. The first kappa shape index (κ1) is 19.5. The third kappa shape index (κ3) is 3.28. The van der Waals surface area contributed by atoms with Crippen molar-refractivity contribution in [3.05, 3.63) is 12.2 Å². The molecule has 4 rings (SSSR count). The summed E-state index contributed by atoms with van der Waals surface area (Å²) in [6.07, 6.45) is 14.0. The van der Waals surface area contributed by atoms with E-state index in [4.69, 9.17) is 10.6 Å². The van der Waals surface area contributed by atoms with Crippen molar-refractivity contribution in [2.45, 2.75) is 84.5 Å². The Labute approximate surface area is 166 Å². The number of unbranched alkanes of at least 4 members (excludes halogenated alkanes) is 1. The van der Waals surface area contributed by atoms with E-state index < -0.39 is 0 Å². The molecule has 4 aliphatic carbocycles. The van der Waals surface area contributed by atoms with Crippen LogP contribution in [0.3, 0.4) is 0 Å². The zero-order valence-corrected chi connectivity index (χ0v) is 17.6. The molecule has 152 valence electrons. The van der Waals surface area contributed by atoms with Crippen LogP contribution in [-0.2, 0) is 4.84 Å². The second-order valence-electron chi connectivity index (χ2n) is 10.4. The Bertz CT molecular complexity index is 599. The highest BCUT2D eigenvalue weighted by Crippen LogP contribution is 2.66. The Morgan fingerprint density at radius 3 is 2.74 bits per heavy atom. The minimum absolute atomic E-state index is 0.447. The SMILES string of the molecule is C=C1CCC2C3CCC4C/C(=N/OCCCCN)CC[C@]4(C)C3CC[C@]12C. The lowest BCUT2D eigenvalue weighted by atomic mass is 9.45. The first-order valence-corrected chi connectivity index (χ1v) is 11.5. The molecular formula is C24H40N2O. The van der Waals surface area contributed by atoms with Crippen molar-refractivity contribution in [3.63, 3.8) is 0 Å². The maximum absolute atomic E-state index is 5.60. The highest BCUT2D eigenvalue weighted by molar-refractivity contribution is 5.85. The van der Waals surface area contributed by atoms with Crippen LogP contribution in [0.15, 0.2) is 17.3 Å². The number of hydrogen-bond acceptors (Lipinski definition) is 3. The fraction of sp³-hybridized carbons (Fsp3) is 0.875. The van der Waals surface area contributed by atoms with Gasteiger partial charge in [-0.15, -0.1) is 0 Å². The molecule has 0 aromatic carbocycles. The van der Waals surface area contributed by atoms with Crippen LogP contribution >= 0.6 is 0 Å². The van der Waals surface area contributed by atoms with Crippen molar-refractivity contribution < 1.29 is 4.84 Å². The fourth-order valence-corrected chi connectivity index (χ4v) is 7.50. The topological polar surface area (TPSA) is 47.6 Å². The summed E-state index contributed by atoms with van der Waals surface area (Å²) in [4.78, 5) is 5.60. The second-order valence-corrected chi connectivity index (χ2v) is 10.4. The largest absolute Gasteiger partial charge is 0.396 e. The maximum atomic E-state index is 5.60. The van der Waals surface area contributed by atoms with Gasteiger partial charge in [-0.2, -0.15) is 0 Å². The third-order valence-electron chi connectivity index (χ3n) is 9.34. The van der Waals surface area contributed by atoms with Gasteiger partial charge in [0.15, 0.2) is 0 Å². The van der Waals surface area contributed by atoms with E-state index in [-0.39, 0.29) is 0 Å². The van der Waals surface area contributed by atoms with Crippen LogP contribution in [0.2, 0.25) is 0 Å². The summed E-state index contributed by atoms with van der Waals surface area (Å²) in [7, 11) is 0. The number of rotatable bonds is 5. The van der Waals surface area contributed by atoms with Crippen LogP contribution in [0, 0.1) is 34.5 Å². The molecule has 0 aromatic rings. The van der Waals surface area contributed by atoms with Gasteiger partial charge < -0.3 is 10.6 Å². The van der Waals surface area contributed by atoms with Crippen molar-refractivity contribution in [3.8, 4) is 0 Å². The summed E-state index contributed by atoms with van der Waals surface area (Å²) >= 11 is 0. The van der Waals surface area contributed by atoms with Crippen molar-refractivity contribution >= 4 is 5.71 Å². The quantitative estimate of drug-likeness (QED) is 0.382. The fourth-order valence-electron chi connectivity index (χ4n) is 7.50. The highest BCUT2D eigenvalue weighted by Gasteiger charge is 2.58. The summed E-state index contributed by atoms with van der Waals surface area (Å²) in [5.41, 5.74) is 9.39. The van der Waals surface area contributed by atoms with Crippen LogP contribution in [-0.4, -0.2) is 18.9 Å². The Hall–Kier alpha value is -0.830. The molecular weight excluding hydrogens is 332 g/mol. The molecule has 27 heavy (non-hydrogen) atoms. The number of allylic oxidation sites excluding steroid dienone is 1. The van der Waals surface area contributed by atoms with Crippen molar-refractivity contribution in [2.24, 2.45) is 45.4 Å². The summed E-state index contributed by atoms with van der Waals surface area (Å²) in [5.74, 6) is 3.58. The molecule has 4 saturated carbocycles. The van der Waals surface area contributed by atoms with Gasteiger partial charge >= 0.3 is 0 Å². The lowest BCUT2D eigenvalue weighted by Crippen LogP contribution is -2.52. The molecule has 3 heteroatoms. The molecule has 0 heterocycles. The summed E-state index contributed by atoms with van der Waals surface area (Å²) in [5, 5.41) is 4.52. The van der Waals surface area contributed by atoms with Gasteiger partial charge in [-0.3, -0.25) is 0 Å². The predicted octanol–water partition coefficient (Wildman–Crippen LogP) is 5.70. The van der Waals surface area contributed by atoms with E-state index in [1.54, 1.807) is 5.57 Å². The van der Waals surface area contributed by atoms with Gasteiger partial charge in [0.2, 0.25) is 0 Å². The van der Waals surface area contributed by atoms with Crippen LogP contribution in [0.1, 0.15) is 84.5 Å². The average molecular weight is 373 g/mol. The average Bonchev–Trinajstić information content (AvgIpc) is 2.97. The summed E-state index contributed by atoms with van der Waals surface area (Å²) < 4.78 is 0. The standard InChI is InChI=1S/C24H40N2O/c1-17-6-9-21-20-8-7-18-16-19(26-27-15-5-4-14-25)10-12-24(18,3)22(20)11-13-23(17,21)2/h18,20-22H,1,4-16,25H2,2-3H3/b26-19+/t18?,20?,21?,22?,23-,24+/m1/s1. The lowest BCUT2D eigenvalue weighted by molar-refractivity contribution is -0.0859. The van der Waals surface area contributed by atoms with Gasteiger partial charge in [0.05, 0.1) is 5.71 Å². The van der Waals surface area contributed by atoms with E-state index in [2.05, 4.69) is 25.6 Å². The highest BCUT2D eigenvalue weighted by atomic mass is 16.6. The van der Waals surface area contributed by atoms with E-state index in [9.17, 15) is 0 Å². The number of fused-ring (bicyclic) bond motifs is 5. The molecule has 3 nitrogen and oxygen atoms in total. The Kier molecular flexibility index (Phi) is 5.44. The van der Waals surface area contributed by atoms with Gasteiger partial charge in [0.1, 0.15) is 6.61 Å². The Balaban J connectivity index is 1.42. The normalized spacial score (nSPS) is 45.3. The van der Waals surface area contributed by atoms with Gasteiger partial charge in [0.25, 0.3) is 0 Å². The monoisotopic (exact) mass is 372 g/mol. The summed E-state index contributed by atoms with van der Waals surface area (Å²) in [6, 6.07) is 0. The maximum Gasteiger partial charge on any atom is 0.117 e. The van der Waals surface area contributed by atoms with Crippen LogP contribution in [0.5, 0.6) is 0 Å². The van der Waals surface area contributed by atoms with Crippen molar-refractivity contribution in [1.82, 2.24) is 0 Å². The molecule has 6 atom stereocenters. The molecule has 0 amide bonds. The van der Waals surface area contributed by atoms with Crippen molar-refractivity contribution in [2.75, 3.05) is 13.2 Å². The molecule has 4 unspecified atom stereocenters. The van der Waals surface area contributed by atoms with Gasteiger partial charge in [-0.25, -0.2) is 0 Å². The molecule has 0 aliphatic heterocycles. The van der Waals surface area contributed by atoms with Gasteiger partial charge in [0, 0.05) is 0 Å². The first-order valence-electron chi connectivity index (χ1n) is 11.5. The number of oxime groups is 1. The molecule has 4 aliphatic rings. The molecule has 2 N–H and O–H groups in total. The zero-order chi connectivity index (χ0) is 19.1. The van der Waals surface area contributed by atoms with Crippen LogP contribution in [0.4, 0.5) is 0 Å². The van der Waals surface area contributed by atoms with Crippen LogP contribution < -0.4 is 5.73 Å². The van der Waals surface area contributed by atoms with E-state index >= 15 is 0 Å². The van der Waals surface area contributed by atoms with Gasteiger partial charge in [-0.1, -0.05) is 31.2 Å². The summed E-state index contributed by atoms with van der Waals surface area (Å²) in [6.45, 7) is 11.1. The van der Waals surface area contributed by atoms with E-state index in [1.807, 2.05) is 0 Å². The molecule has 0 aromatic heterocycles. The third-order valence-corrected chi connectivity index (χ3v) is 9.34. The van der Waals surface area contributed by atoms with Crippen molar-refractivity contribution in [1.29, 1.82) is 0 Å². The smallest absolute Gasteiger partial charge is 0.117 e. The second kappa shape index (κ2) is 7.54. The first-order chi connectivity index (χ1) is 13.0. The molecule has 0 radical (unpaired) electrons. The van der Waals surface area contributed by atoms with Crippen LogP contribution in [0.25, 0.3) is 0 Å². The molecule has 0 bridgehead atoms. The Morgan fingerprint density at radius 1 is 1.07 bits per heavy atom. The number of nitrogens with two attached hydrogens (primary N) is 1. The predicted molar refractivity (Wildman–Crippen MR) is 113 cm³/mol. The van der Waals surface area contributed by atoms with Gasteiger partial charge in [-0.05, 0) is 112 Å². The minimum Gasteiger partial charge on any atom is -0.396 e. The Morgan fingerprint density at radius 2 is 1.93 bits per heavy atom. The van der Waals surface area contributed by atoms with E-state index in [0.29, 0.717) is 10.8 Å². The molecule has 0 spiro atoms. The number of hydrogen-bond donors (Lipinski definition) is 1. The van der Waals surface area contributed by atoms with E-state index in [1.165, 1.54) is 57.1 Å². The minimum atomic E-state index is 0.447.